The van der Waals surface area contributed by atoms with Crippen molar-refractivity contribution >= 4 is 19.5 Å². The van der Waals surface area contributed by atoms with E-state index in [0.29, 0.717) is 0 Å². The predicted octanol–water partition coefficient (Wildman–Crippen LogP) is 3.82. The van der Waals surface area contributed by atoms with Gasteiger partial charge in [-0.3, -0.25) is 0 Å². The maximum Gasteiger partial charge on any atom is 0.458 e. The highest BCUT2D eigenvalue weighted by molar-refractivity contribution is 6.46. The summed E-state index contributed by atoms with van der Waals surface area (Å²) in [6.07, 6.45) is 3.22. The molecule has 1 N–H and O–H groups in total. The molecule has 2 saturated heterocycles. The van der Waals surface area contributed by atoms with E-state index >= 15 is 0 Å². The van der Waals surface area contributed by atoms with Gasteiger partial charge in [-0.2, -0.15) is 0 Å². The Morgan fingerprint density at radius 3 is 2.00 bits per heavy atom. The first-order valence-electron chi connectivity index (χ1n) is 8.47. The summed E-state index contributed by atoms with van der Waals surface area (Å²) in [6, 6.07) is 10.9. The lowest BCUT2D eigenvalue weighted by Crippen LogP contribution is -2.43. The van der Waals surface area contributed by atoms with Gasteiger partial charge in [0, 0.05) is 0 Å². The molecule has 0 bridgehead atoms. The first-order chi connectivity index (χ1) is 10.3. The fourth-order valence-corrected chi connectivity index (χ4v) is 3.68. The molecule has 2 fully saturated rings. The molecule has 0 radical (unpaired) electrons. The molecule has 23 heavy (non-hydrogen) atoms. The van der Waals surface area contributed by atoms with Gasteiger partial charge in [0.25, 0.3) is 0 Å². The van der Waals surface area contributed by atoms with Crippen LogP contribution in [0.5, 0.6) is 0 Å². The quantitative estimate of drug-likeness (QED) is 0.851. The Bertz CT molecular complexity index is 499. The van der Waals surface area contributed by atoms with Gasteiger partial charge in [0.2, 0.25) is 0 Å². The number of nitrogens with one attached hydrogen (secondary N) is 1. The highest BCUT2D eigenvalue weighted by Gasteiger charge is 2.53. The number of piperidine rings is 1. The molecule has 2 heterocycles. The van der Waals surface area contributed by atoms with Crippen LogP contribution in [0, 0.1) is 0 Å². The molecule has 128 valence electrons. The minimum absolute atomic E-state index is 0. The number of hydrogen-bond acceptors (Lipinski definition) is 3. The van der Waals surface area contributed by atoms with Gasteiger partial charge in [-0.05, 0) is 70.9 Å². The van der Waals surface area contributed by atoms with E-state index in [-0.39, 0.29) is 36.1 Å². The third-order valence-electron chi connectivity index (χ3n) is 5.81. The first-order valence-corrected chi connectivity index (χ1v) is 8.47. The van der Waals surface area contributed by atoms with Crippen LogP contribution in [0.15, 0.2) is 30.3 Å². The molecule has 5 heteroatoms. The van der Waals surface area contributed by atoms with Crippen molar-refractivity contribution < 1.29 is 9.31 Å². The molecule has 0 aliphatic carbocycles. The zero-order valence-corrected chi connectivity index (χ0v) is 15.5. The summed E-state index contributed by atoms with van der Waals surface area (Å²) in [5.74, 6) is 0. The highest BCUT2D eigenvalue weighted by atomic mass is 35.5. The average Bonchev–Trinajstić information content (AvgIpc) is 2.68. The molecule has 2 aliphatic rings. The van der Waals surface area contributed by atoms with Gasteiger partial charge in [-0.1, -0.05) is 30.3 Å². The van der Waals surface area contributed by atoms with Crippen LogP contribution in [0.2, 0.25) is 6.32 Å². The second-order valence-corrected chi connectivity index (χ2v) is 7.79. The van der Waals surface area contributed by atoms with Gasteiger partial charge in [0.05, 0.1) is 11.2 Å². The van der Waals surface area contributed by atoms with Crippen LogP contribution in [0.3, 0.4) is 0 Å². The van der Waals surface area contributed by atoms with Crippen molar-refractivity contribution in [2.24, 2.45) is 0 Å². The van der Waals surface area contributed by atoms with E-state index < -0.39 is 0 Å². The van der Waals surface area contributed by atoms with E-state index in [9.17, 15) is 0 Å². The topological polar surface area (TPSA) is 30.5 Å². The third-order valence-corrected chi connectivity index (χ3v) is 5.81. The summed E-state index contributed by atoms with van der Waals surface area (Å²) in [4.78, 5) is 0. The van der Waals surface area contributed by atoms with Crippen molar-refractivity contribution in [1.82, 2.24) is 5.32 Å². The zero-order valence-electron chi connectivity index (χ0n) is 14.7. The van der Waals surface area contributed by atoms with Gasteiger partial charge in [0.15, 0.2) is 0 Å². The normalized spacial score (nSPS) is 25.0. The minimum Gasteiger partial charge on any atom is -0.403 e. The summed E-state index contributed by atoms with van der Waals surface area (Å²) in [5.41, 5.74) is 1.09. The van der Waals surface area contributed by atoms with Crippen LogP contribution in [0.4, 0.5) is 0 Å². The molecule has 3 nitrogen and oxygen atoms in total. The van der Waals surface area contributed by atoms with Crippen molar-refractivity contribution in [2.45, 2.75) is 63.5 Å². The molecule has 0 saturated carbocycles. The van der Waals surface area contributed by atoms with Crippen molar-refractivity contribution in [3.05, 3.63) is 35.9 Å². The Hall–Kier alpha value is -0.545. The van der Waals surface area contributed by atoms with E-state index in [1.165, 1.54) is 5.56 Å². The maximum atomic E-state index is 6.27. The summed E-state index contributed by atoms with van der Waals surface area (Å²) in [5, 5.41) is 3.49. The van der Waals surface area contributed by atoms with Crippen LogP contribution < -0.4 is 5.32 Å². The first kappa shape index (κ1) is 18.8. The van der Waals surface area contributed by atoms with Crippen LogP contribution >= 0.6 is 12.4 Å². The van der Waals surface area contributed by atoms with Gasteiger partial charge >= 0.3 is 7.12 Å². The number of halogens is 1. The number of hydrogen-bond donors (Lipinski definition) is 1. The average molecular weight is 338 g/mol. The Morgan fingerprint density at radius 1 is 0.957 bits per heavy atom. The van der Waals surface area contributed by atoms with Crippen LogP contribution in [0.1, 0.15) is 46.1 Å². The fraction of sp³-hybridized carbons (Fsp3) is 0.667. The van der Waals surface area contributed by atoms with Gasteiger partial charge in [0.1, 0.15) is 0 Å². The summed E-state index contributed by atoms with van der Waals surface area (Å²) in [7, 11) is -0.122. The predicted molar refractivity (Wildman–Crippen MR) is 98.4 cm³/mol. The molecule has 1 aromatic rings. The van der Waals surface area contributed by atoms with E-state index in [2.05, 4.69) is 63.3 Å². The molecule has 3 rings (SSSR count). The van der Waals surface area contributed by atoms with E-state index in [1.54, 1.807) is 0 Å². The van der Waals surface area contributed by atoms with Crippen molar-refractivity contribution in [3.8, 4) is 0 Å². The van der Waals surface area contributed by atoms with E-state index in [0.717, 1.165) is 32.3 Å². The Kier molecular flexibility index (Phi) is 5.52. The monoisotopic (exact) mass is 337 g/mol. The second-order valence-electron chi connectivity index (χ2n) is 7.79. The van der Waals surface area contributed by atoms with Crippen LogP contribution in [0.25, 0.3) is 0 Å². The van der Waals surface area contributed by atoms with Gasteiger partial charge in [-0.25, -0.2) is 0 Å². The molecule has 2 aliphatic heterocycles. The van der Waals surface area contributed by atoms with Crippen LogP contribution in [-0.4, -0.2) is 31.4 Å². The molecular weight excluding hydrogens is 308 g/mol. The standard InChI is InChI=1S/C18H28BNO2.ClH/c1-16(2)17(3,4)22-19(21-16)14-18(10-12-20-13-11-18)15-8-6-5-7-9-15;/h5-9,20H,10-14H2,1-4H3;1H. The molecular formula is C18H29BClNO2. The van der Waals surface area contributed by atoms with E-state index in [1.807, 2.05) is 0 Å². The lowest BCUT2D eigenvalue weighted by molar-refractivity contribution is 0.00578. The molecule has 0 unspecified atom stereocenters. The highest BCUT2D eigenvalue weighted by Crippen LogP contribution is 2.44. The van der Waals surface area contributed by atoms with Gasteiger partial charge in [-0.15, -0.1) is 12.4 Å². The Morgan fingerprint density at radius 2 is 1.48 bits per heavy atom. The largest absolute Gasteiger partial charge is 0.458 e. The van der Waals surface area contributed by atoms with Crippen molar-refractivity contribution in [3.63, 3.8) is 0 Å². The summed E-state index contributed by atoms with van der Waals surface area (Å²) < 4.78 is 12.5. The molecule has 1 aromatic carbocycles. The molecule has 0 amide bonds. The van der Waals surface area contributed by atoms with Crippen molar-refractivity contribution in [2.75, 3.05) is 13.1 Å². The van der Waals surface area contributed by atoms with E-state index in [4.69, 9.17) is 9.31 Å². The number of benzene rings is 1. The molecule has 0 aromatic heterocycles. The van der Waals surface area contributed by atoms with Gasteiger partial charge < -0.3 is 14.6 Å². The fourth-order valence-electron chi connectivity index (χ4n) is 3.68. The number of rotatable bonds is 3. The summed E-state index contributed by atoms with van der Waals surface area (Å²) in [6.45, 7) is 10.6. The Labute approximate surface area is 147 Å². The minimum atomic E-state index is -0.248. The van der Waals surface area contributed by atoms with Crippen molar-refractivity contribution in [1.29, 1.82) is 0 Å². The molecule has 0 atom stereocenters. The second kappa shape index (κ2) is 6.75. The lowest BCUT2D eigenvalue weighted by Gasteiger charge is -2.39. The maximum absolute atomic E-state index is 6.27. The SMILES string of the molecule is CC1(C)OB(CC2(c3ccccc3)CCNCC2)OC1(C)C.Cl. The summed E-state index contributed by atoms with van der Waals surface area (Å²) >= 11 is 0. The smallest absolute Gasteiger partial charge is 0.403 e. The molecule has 0 spiro atoms. The third kappa shape index (κ3) is 3.61. The zero-order chi connectivity index (χ0) is 15.8. The van der Waals surface area contributed by atoms with Crippen LogP contribution in [-0.2, 0) is 14.7 Å². The lowest BCUT2D eigenvalue weighted by atomic mass is 9.60. The Balaban J connectivity index is 0.00000192.